The van der Waals surface area contributed by atoms with E-state index in [-0.39, 0.29) is 0 Å². The lowest BCUT2D eigenvalue weighted by atomic mass is 9.99. The Morgan fingerprint density at radius 3 is 2.62 bits per heavy atom. The van der Waals surface area contributed by atoms with Gasteiger partial charge in [-0.2, -0.15) is 0 Å². The molecule has 1 saturated carbocycles. The first-order valence-electron chi connectivity index (χ1n) is 6.12. The maximum absolute atomic E-state index is 5.97. The molecule has 0 amide bonds. The summed E-state index contributed by atoms with van der Waals surface area (Å²) >= 11 is 5.97. The van der Waals surface area contributed by atoms with E-state index in [0.717, 1.165) is 17.5 Å². The molecule has 1 aromatic rings. The molecule has 1 aromatic heterocycles. The standard InChI is InChI=1S/C13H21ClN2/c1-9(2)13(10-4-5-10)15-7-12-6-11(14)8-16(12)3/h6,8-10,13,15H,4-5,7H2,1-3H3. The zero-order valence-corrected chi connectivity index (χ0v) is 11.1. The molecule has 1 atom stereocenters. The predicted octanol–water partition coefficient (Wildman–Crippen LogP) is 3.20. The summed E-state index contributed by atoms with van der Waals surface area (Å²) in [7, 11) is 2.05. The van der Waals surface area contributed by atoms with E-state index in [2.05, 4.69) is 23.7 Å². The molecular formula is C13H21ClN2. The van der Waals surface area contributed by atoms with Crippen molar-refractivity contribution in [2.75, 3.05) is 0 Å². The average molecular weight is 241 g/mol. The second-order valence-corrected chi connectivity index (χ2v) is 5.69. The summed E-state index contributed by atoms with van der Waals surface area (Å²) in [5, 5.41) is 4.50. The molecule has 0 bridgehead atoms. The number of rotatable bonds is 5. The summed E-state index contributed by atoms with van der Waals surface area (Å²) < 4.78 is 2.10. The summed E-state index contributed by atoms with van der Waals surface area (Å²) in [4.78, 5) is 0. The fraction of sp³-hybridized carbons (Fsp3) is 0.692. The number of hydrogen-bond acceptors (Lipinski definition) is 1. The van der Waals surface area contributed by atoms with E-state index in [1.54, 1.807) is 0 Å². The molecule has 0 aliphatic heterocycles. The van der Waals surface area contributed by atoms with Crippen LogP contribution in [0.1, 0.15) is 32.4 Å². The quantitative estimate of drug-likeness (QED) is 0.837. The molecule has 0 saturated heterocycles. The average Bonchev–Trinajstić information content (AvgIpc) is 2.94. The topological polar surface area (TPSA) is 17.0 Å². The molecular weight excluding hydrogens is 220 g/mol. The van der Waals surface area contributed by atoms with Gasteiger partial charge in [0.05, 0.1) is 5.02 Å². The number of aromatic nitrogens is 1. The van der Waals surface area contributed by atoms with Gasteiger partial charge in [-0.15, -0.1) is 0 Å². The molecule has 90 valence electrons. The molecule has 1 aliphatic carbocycles. The van der Waals surface area contributed by atoms with Crippen molar-refractivity contribution in [2.24, 2.45) is 18.9 Å². The molecule has 1 N–H and O–H groups in total. The Kier molecular flexibility index (Phi) is 3.60. The van der Waals surface area contributed by atoms with Crippen LogP contribution in [0, 0.1) is 11.8 Å². The van der Waals surface area contributed by atoms with Crippen molar-refractivity contribution in [1.29, 1.82) is 0 Å². The van der Waals surface area contributed by atoms with Gasteiger partial charge in [0.25, 0.3) is 0 Å². The van der Waals surface area contributed by atoms with Gasteiger partial charge in [0, 0.05) is 31.5 Å². The highest BCUT2D eigenvalue weighted by molar-refractivity contribution is 6.30. The first kappa shape index (κ1) is 12.0. The van der Waals surface area contributed by atoms with E-state index >= 15 is 0 Å². The summed E-state index contributed by atoms with van der Waals surface area (Å²) in [6.07, 6.45) is 4.74. The minimum atomic E-state index is 0.661. The lowest BCUT2D eigenvalue weighted by molar-refractivity contribution is 0.356. The van der Waals surface area contributed by atoms with Crippen molar-refractivity contribution in [2.45, 2.75) is 39.3 Å². The highest BCUT2D eigenvalue weighted by Crippen LogP contribution is 2.35. The smallest absolute Gasteiger partial charge is 0.0585 e. The number of nitrogens with one attached hydrogen (secondary N) is 1. The van der Waals surface area contributed by atoms with Crippen molar-refractivity contribution in [3.8, 4) is 0 Å². The Labute approximate surface area is 103 Å². The van der Waals surface area contributed by atoms with Gasteiger partial charge < -0.3 is 9.88 Å². The maximum atomic E-state index is 5.97. The number of hydrogen-bond donors (Lipinski definition) is 1. The van der Waals surface area contributed by atoms with E-state index in [4.69, 9.17) is 11.6 Å². The monoisotopic (exact) mass is 240 g/mol. The first-order chi connectivity index (χ1) is 7.58. The van der Waals surface area contributed by atoms with Gasteiger partial charge in [-0.1, -0.05) is 25.4 Å². The molecule has 0 radical (unpaired) electrons. The van der Waals surface area contributed by atoms with Crippen molar-refractivity contribution in [3.63, 3.8) is 0 Å². The van der Waals surface area contributed by atoms with Crippen molar-refractivity contribution in [1.82, 2.24) is 9.88 Å². The zero-order valence-electron chi connectivity index (χ0n) is 10.3. The first-order valence-corrected chi connectivity index (χ1v) is 6.50. The van der Waals surface area contributed by atoms with Crippen LogP contribution in [0.25, 0.3) is 0 Å². The molecule has 1 fully saturated rings. The van der Waals surface area contributed by atoms with Gasteiger partial charge in [-0.25, -0.2) is 0 Å². The maximum Gasteiger partial charge on any atom is 0.0585 e. The lowest BCUT2D eigenvalue weighted by Gasteiger charge is -2.22. The predicted molar refractivity (Wildman–Crippen MR) is 68.6 cm³/mol. The van der Waals surface area contributed by atoms with E-state index in [1.165, 1.54) is 18.5 Å². The van der Waals surface area contributed by atoms with Crippen LogP contribution in [-0.2, 0) is 13.6 Å². The SMILES string of the molecule is CC(C)C(NCc1cc(Cl)cn1C)C1CC1. The third kappa shape index (κ3) is 2.80. The fourth-order valence-electron chi connectivity index (χ4n) is 2.37. The second-order valence-electron chi connectivity index (χ2n) is 5.25. The number of aryl methyl sites for hydroxylation is 1. The minimum absolute atomic E-state index is 0.661. The largest absolute Gasteiger partial charge is 0.352 e. The molecule has 0 spiro atoms. The van der Waals surface area contributed by atoms with Crippen LogP contribution < -0.4 is 5.32 Å². The van der Waals surface area contributed by atoms with E-state index in [0.29, 0.717) is 12.0 Å². The molecule has 1 heterocycles. The molecule has 1 aliphatic rings. The third-order valence-corrected chi connectivity index (χ3v) is 3.65. The van der Waals surface area contributed by atoms with Crippen LogP contribution in [0.3, 0.4) is 0 Å². The van der Waals surface area contributed by atoms with Gasteiger partial charge in [-0.05, 0) is 30.7 Å². The van der Waals surface area contributed by atoms with Crippen LogP contribution in [0.15, 0.2) is 12.3 Å². The van der Waals surface area contributed by atoms with Crippen LogP contribution >= 0.6 is 11.6 Å². The fourth-order valence-corrected chi connectivity index (χ4v) is 2.64. The second kappa shape index (κ2) is 4.80. The Balaban J connectivity index is 1.92. The van der Waals surface area contributed by atoms with E-state index < -0.39 is 0 Å². The zero-order chi connectivity index (χ0) is 11.7. The molecule has 2 rings (SSSR count). The lowest BCUT2D eigenvalue weighted by Crippen LogP contribution is -2.35. The Hall–Kier alpha value is -0.470. The summed E-state index contributed by atoms with van der Waals surface area (Å²) in [5.41, 5.74) is 1.26. The Bertz CT molecular complexity index is 351. The van der Waals surface area contributed by atoms with Gasteiger partial charge in [0.2, 0.25) is 0 Å². The summed E-state index contributed by atoms with van der Waals surface area (Å²) in [6.45, 7) is 5.52. The van der Waals surface area contributed by atoms with E-state index in [9.17, 15) is 0 Å². The molecule has 0 aromatic carbocycles. The summed E-state index contributed by atoms with van der Waals surface area (Å²) in [6, 6.07) is 2.70. The number of nitrogens with zero attached hydrogens (tertiary/aromatic N) is 1. The highest BCUT2D eigenvalue weighted by atomic mass is 35.5. The van der Waals surface area contributed by atoms with Gasteiger partial charge >= 0.3 is 0 Å². The summed E-state index contributed by atoms with van der Waals surface area (Å²) in [5.74, 6) is 1.61. The van der Waals surface area contributed by atoms with Gasteiger partial charge in [-0.3, -0.25) is 0 Å². The Morgan fingerprint density at radius 2 is 2.19 bits per heavy atom. The van der Waals surface area contributed by atoms with Crippen molar-refractivity contribution in [3.05, 3.63) is 23.0 Å². The van der Waals surface area contributed by atoms with Crippen LogP contribution in [0.2, 0.25) is 5.02 Å². The molecule has 3 heteroatoms. The van der Waals surface area contributed by atoms with Crippen LogP contribution in [0.5, 0.6) is 0 Å². The van der Waals surface area contributed by atoms with Crippen molar-refractivity contribution < 1.29 is 0 Å². The molecule has 1 unspecified atom stereocenters. The minimum Gasteiger partial charge on any atom is -0.352 e. The highest BCUT2D eigenvalue weighted by Gasteiger charge is 2.32. The Morgan fingerprint density at radius 1 is 1.50 bits per heavy atom. The van der Waals surface area contributed by atoms with Crippen LogP contribution in [-0.4, -0.2) is 10.6 Å². The van der Waals surface area contributed by atoms with Crippen molar-refractivity contribution >= 4 is 11.6 Å². The molecule has 16 heavy (non-hydrogen) atoms. The van der Waals surface area contributed by atoms with Crippen LogP contribution in [0.4, 0.5) is 0 Å². The van der Waals surface area contributed by atoms with Gasteiger partial charge in [0.15, 0.2) is 0 Å². The number of halogens is 1. The van der Waals surface area contributed by atoms with Gasteiger partial charge in [0.1, 0.15) is 0 Å². The van der Waals surface area contributed by atoms with E-state index in [1.807, 2.05) is 19.3 Å². The third-order valence-electron chi connectivity index (χ3n) is 3.44. The molecule has 2 nitrogen and oxygen atoms in total. The normalized spacial score (nSPS) is 18.1.